The van der Waals surface area contributed by atoms with Gasteiger partial charge in [-0.3, -0.25) is 9.78 Å². The van der Waals surface area contributed by atoms with Gasteiger partial charge in [0.15, 0.2) is 0 Å². The molecule has 0 aliphatic carbocycles. The van der Waals surface area contributed by atoms with E-state index in [0.717, 1.165) is 29.1 Å². The number of pyridine rings is 1. The first-order valence-corrected chi connectivity index (χ1v) is 8.54. The molecule has 0 unspecified atom stereocenters. The Morgan fingerprint density at radius 2 is 1.88 bits per heavy atom. The molecule has 26 heavy (non-hydrogen) atoms. The monoisotopic (exact) mass is 347 g/mol. The SMILES string of the molecule is CCc1ccccc1NC(=O)c1cc(C)nc(NCc2ccccn2)n1. The number of carbonyl (C=O) groups excluding carboxylic acids is 1. The van der Waals surface area contributed by atoms with Gasteiger partial charge in [0, 0.05) is 17.6 Å². The maximum atomic E-state index is 12.6. The van der Waals surface area contributed by atoms with Crippen molar-refractivity contribution in [2.45, 2.75) is 26.8 Å². The van der Waals surface area contributed by atoms with Crippen LogP contribution in [-0.4, -0.2) is 20.9 Å². The normalized spacial score (nSPS) is 10.4. The van der Waals surface area contributed by atoms with Crippen molar-refractivity contribution in [3.05, 3.63) is 77.4 Å². The molecule has 132 valence electrons. The summed E-state index contributed by atoms with van der Waals surface area (Å²) in [5, 5.41) is 6.06. The van der Waals surface area contributed by atoms with Gasteiger partial charge in [0.2, 0.25) is 5.95 Å². The van der Waals surface area contributed by atoms with Crippen LogP contribution in [0.2, 0.25) is 0 Å². The highest BCUT2D eigenvalue weighted by Crippen LogP contribution is 2.17. The molecule has 0 bridgehead atoms. The highest BCUT2D eigenvalue weighted by Gasteiger charge is 2.12. The fourth-order valence-electron chi connectivity index (χ4n) is 2.57. The average Bonchev–Trinajstić information content (AvgIpc) is 2.67. The molecule has 0 atom stereocenters. The molecule has 6 heteroatoms. The summed E-state index contributed by atoms with van der Waals surface area (Å²) in [5.74, 6) is 0.155. The number of amides is 1. The Morgan fingerprint density at radius 3 is 2.65 bits per heavy atom. The first-order valence-electron chi connectivity index (χ1n) is 8.54. The molecule has 0 aliphatic heterocycles. The van der Waals surface area contributed by atoms with E-state index in [4.69, 9.17) is 0 Å². The van der Waals surface area contributed by atoms with Crippen molar-refractivity contribution in [2.75, 3.05) is 10.6 Å². The molecule has 0 saturated carbocycles. The van der Waals surface area contributed by atoms with Crippen LogP contribution in [0.15, 0.2) is 54.7 Å². The second kappa shape index (κ2) is 8.20. The van der Waals surface area contributed by atoms with E-state index in [1.165, 1.54) is 0 Å². The quantitative estimate of drug-likeness (QED) is 0.712. The number of hydrogen-bond acceptors (Lipinski definition) is 5. The van der Waals surface area contributed by atoms with Gasteiger partial charge in [-0.1, -0.05) is 31.2 Å². The summed E-state index contributed by atoms with van der Waals surface area (Å²) in [6, 6.07) is 15.1. The fourth-order valence-corrected chi connectivity index (χ4v) is 2.57. The van der Waals surface area contributed by atoms with E-state index in [1.54, 1.807) is 12.3 Å². The van der Waals surface area contributed by atoms with Gasteiger partial charge in [-0.25, -0.2) is 9.97 Å². The van der Waals surface area contributed by atoms with Crippen molar-refractivity contribution in [2.24, 2.45) is 0 Å². The molecule has 2 aromatic heterocycles. The number of para-hydroxylation sites is 1. The first kappa shape index (κ1) is 17.5. The lowest BCUT2D eigenvalue weighted by Gasteiger charge is -2.11. The van der Waals surface area contributed by atoms with Gasteiger partial charge in [-0.2, -0.15) is 0 Å². The Balaban J connectivity index is 1.75. The van der Waals surface area contributed by atoms with Gasteiger partial charge in [0.05, 0.1) is 12.2 Å². The van der Waals surface area contributed by atoms with Gasteiger partial charge >= 0.3 is 0 Å². The largest absolute Gasteiger partial charge is 0.349 e. The van der Waals surface area contributed by atoms with E-state index in [2.05, 4.69) is 32.5 Å². The summed E-state index contributed by atoms with van der Waals surface area (Å²) < 4.78 is 0. The molecule has 0 radical (unpaired) electrons. The minimum Gasteiger partial charge on any atom is -0.349 e. The number of aromatic nitrogens is 3. The minimum atomic E-state index is -0.253. The van der Waals surface area contributed by atoms with E-state index in [-0.39, 0.29) is 5.91 Å². The van der Waals surface area contributed by atoms with Crippen LogP contribution in [0, 0.1) is 6.92 Å². The summed E-state index contributed by atoms with van der Waals surface area (Å²) in [6.45, 7) is 4.38. The summed E-state index contributed by atoms with van der Waals surface area (Å²) in [5.41, 5.74) is 3.81. The number of carbonyl (C=O) groups is 1. The van der Waals surface area contributed by atoms with Gasteiger partial charge in [-0.05, 0) is 43.2 Å². The lowest BCUT2D eigenvalue weighted by atomic mass is 10.1. The van der Waals surface area contributed by atoms with Crippen molar-refractivity contribution in [1.82, 2.24) is 15.0 Å². The Morgan fingerprint density at radius 1 is 1.08 bits per heavy atom. The van der Waals surface area contributed by atoms with Gasteiger partial charge in [0.25, 0.3) is 5.91 Å². The number of nitrogens with one attached hydrogen (secondary N) is 2. The summed E-state index contributed by atoms with van der Waals surface area (Å²) >= 11 is 0. The molecule has 3 aromatic rings. The van der Waals surface area contributed by atoms with Crippen molar-refractivity contribution in [3.8, 4) is 0 Å². The zero-order valence-electron chi connectivity index (χ0n) is 14.9. The predicted molar refractivity (Wildman–Crippen MR) is 102 cm³/mol. The predicted octanol–water partition coefficient (Wildman–Crippen LogP) is 3.61. The highest BCUT2D eigenvalue weighted by atomic mass is 16.1. The van der Waals surface area contributed by atoms with Crippen LogP contribution >= 0.6 is 0 Å². The third-order valence-electron chi connectivity index (χ3n) is 3.89. The molecule has 2 N–H and O–H groups in total. The zero-order chi connectivity index (χ0) is 18.4. The molecule has 0 spiro atoms. The number of aryl methyl sites for hydroxylation is 2. The van der Waals surface area contributed by atoms with Crippen molar-refractivity contribution in [3.63, 3.8) is 0 Å². The minimum absolute atomic E-state index is 0.253. The van der Waals surface area contributed by atoms with Crippen LogP contribution in [0.5, 0.6) is 0 Å². The molecular formula is C20H21N5O. The number of rotatable bonds is 6. The van der Waals surface area contributed by atoms with Crippen LogP contribution < -0.4 is 10.6 Å². The summed E-state index contributed by atoms with van der Waals surface area (Å²) in [7, 11) is 0. The molecule has 1 amide bonds. The molecular weight excluding hydrogens is 326 g/mol. The van der Waals surface area contributed by atoms with E-state index in [0.29, 0.717) is 18.2 Å². The van der Waals surface area contributed by atoms with Gasteiger partial charge < -0.3 is 10.6 Å². The summed E-state index contributed by atoms with van der Waals surface area (Å²) in [6.07, 6.45) is 2.58. The highest BCUT2D eigenvalue weighted by molar-refractivity contribution is 6.03. The van der Waals surface area contributed by atoms with Crippen LogP contribution in [0.1, 0.15) is 34.4 Å². The third-order valence-corrected chi connectivity index (χ3v) is 3.89. The van der Waals surface area contributed by atoms with E-state index in [9.17, 15) is 4.79 Å². The maximum Gasteiger partial charge on any atom is 0.274 e. The Bertz CT molecular complexity index is 896. The smallest absolute Gasteiger partial charge is 0.274 e. The maximum absolute atomic E-state index is 12.6. The van der Waals surface area contributed by atoms with E-state index in [1.807, 2.05) is 49.4 Å². The molecule has 0 aliphatic rings. The number of hydrogen-bond donors (Lipinski definition) is 2. The Kier molecular flexibility index (Phi) is 5.53. The lowest BCUT2D eigenvalue weighted by molar-refractivity contribution is 0.102. The van der Waals surface area contributed by atoms with Crippen molar-refractivity contribution in [1.29, 1.82) is 0 Å². The van der Waals surface area contributed by atoms with E-state index >= 15 is 0 Å². The number of nitrogens with zero attached hydrogens (tertiary/aromatic N) is 3. The first-order chi connectivity index (χ1) is 12.7. The zero-order valence-corrected chi connectivity index (χ0v) is 14.9. The summed E-state index contributed by atoms with van der Waals surface area (Å²) in [4.78, 5) is 25.6. The van der Waals surface area contributed by atoms with E-state index < -0.39 is 0 Å². The topological polar surface area (TPSA) is 79.8 Å². The van der Waals surface area contributed by atoms with Gasteiger partial charge in [0.1, 0.15) is 5.69 Å². The van der Waals surface area contributed by atoms with Crippen LogP contribution in [0.3, 0.4) is 0 Å². The van der Waals surface area contributed by atoms with Crippen LogP contribution in [0.4, 0.5) is 11.6 Å². The molecule has 2 heterocycles. The molecule has 6 nitrogen and oxygen atoms in total. The Labute approximate surface area is 152 Å². The molecule has 0 fully saturated rings. The lowest BCUT2D eigenvalue weighted by Crippen LogP contribution is -2.17. The van der Waals surface area contributed by atoms with Crippen LogP contribution in [0.25, 0.3) is 0 Å². The van der Waals surface area contributed by atoms with Gasteiger partial charge in [-0.15, -0.1) is 0 Å². The molecule has 1 aromatic carbocycles. The third kappa shape index (κ3) is 4.42. The standard InChI is InChI=1S/C20H21N5O/c1-3-15-8-4-5-10-17(15)24-19(26)18-12-14(2)23-20(25-18)22-13-16-9-6-7-11-21-16/h4-12H,3,13H2,1-2H3,(H,24,26)(H,22,23,25). The molecule has 0 saturated heterocycles. The average molecular weight is 347 g/mol. The van der Waals surface area contributed by atoms with Crippen molar-refractivity contribution >= 4 is 17.5 Å². The second-order valence-electron chi connectivity index (χ2n) is 5.86. The molecule has 3 rings (SSSR count). The Hall–Kier alpha value is -3.28. The fraction of sp³-hybridized carbons (Fsp3) is 0.200. The number of benzene rings is 1. The van der Waals surface area contributed by atoms with Crippen molar-refractivity contribution < 1.29 is 4.79 Å². The number of anilines is 2. The van der Waals surface area contributed by atoms with Crippen LogP contribution in [-0.2, 0) is 13.0 Å². The second-order valence-corrected chi connectivity index (χ2v) is 5.86.